The van der Waals surface area contributed by atoms with Gasteiger partial charge in [0.05, 0.1) is 4.92 Å². The van der Waals surface area contributed by atoms with Crippen molar-refractivity contribution < 1.29 is 17.9 Å². The lowest BCUT2D eigenvalue weighted by Crippen LogP contribution is -2.02. The molecule has 82 valence electrons. The van der Waals surface area contributed by atoms with E-state index in [0.29, 0.717) is 0 Å². The Morgan fingerprint density at radius 3 is 2.53 bits per heavy atom. The fraction of sp³-hybridized carbons (Fsp3) is 0.143. The quantitative estimate of drug-likeness (QED) is 0.500. The number of hydrogen-bond donors (Lipinski definition) is 1. The van der Waals surface area contributed by atoms with Crippen molar-refractivity contribution in [3.05, 3.63) is 38.9 Å². The van der Waals surface area contributed by atoms with E-state index in [0.717, 1.165) is 12.1 Å². The van der Waals surface area contributed by atoms with E-state index < -0.39 is 20.8 Å². The highest BCUT2D eigenvalue weighted by atomic mass is 35.5. The van der Waals surface area contributed by atoms with Crippen LogP contribution in [0.5, 0.6) is 0 Å². The molecular weight excluding hydrogens is 246 g/mol. The maximum Gasteiger partial charge on any atom is 0.269 e. The van der Waals surface area contributed by atoms with Crippen LogP contribution in [-0.4, -0.2) is 17.9 Å². The van der Waals surface area contributed by atoms with Crippen LogP contribution in [0.4, 0.5) is 5.69 Å². The molecule has 1 aromatic carbocycles. The van der Waals surface area contributed by atoms with Gasteiger partial charge in [-0.15, -0.1) is 0 Å². The van der Waals surface area contributed by atoms with E-state index in [1.165, 1.54) is 6.07 Å². The molecule has 0 aliphatic carbocycles. The van der Waals surface area contributed by atoms with Gasteiger partial charge in [0.2, 0.25) is 0 Å². The molecule has 1 rings (SSSR count). The first-order chi connectivity index (χ1) is 6.79. The summed E-state index contributed by atoms with van der Waals surface area (Å²) in [6.07, 6.45) is 0. The number of benzene rings is 1. The Morgan fingerprint density at radius 1 is 1.47 bits per heavy atom. The van der Waals surface area contributed by atoms with Gasteiger partial charge in [0.1, 0.15) is 5.75 Å². The van der Waals surface area contributed by atoms with Gasteiger partial charge in [-0.3, -0.25) is 14.7 Å². The van der Waals surface area contributed by atoms with Crippen molar-refractivity contribution in [3.8, 4) is 0 Å². The summed E-state index contributed by atoms with van der Waals surface area (Å²) in [5.74, 6) is -0.743. The summed E-state index contributed by atoms with van der Waals surface area (Å²) in [5, 5.41) is 10.4. The van der Waals surface area contributed by atoms with Gasteiger partial charge >= 0.3 is 0 Å². The van der Waals surface area contributed by atoms with Crippen LogP contribution in [0.25, 0.3) is 0 Å². The minimum Gasteiger partial charge on any atom is -0.285 e. The molecule has 1 N–H and O–H groups in total. The van der Waals surface area contributed by atoms with Crippen LogP contribution in [0, 0.1) is 10.1 Å². The summed E-state index contributed by atoms with van der Waals surface area (Å²) in [7, 11) is -4.25. The fourth-order valence-electron chi connectivity index (χ4n) is 0.982. The van der Waals surface area contributed by atoms with E-state index in [-0.39, 0.29) is 16.3 Å². The average molecular weight is 252 g/mol. The molecule has 0 aliphatic rings. The van der Waals surface area contributed by atoms with Crippen LogP contribution >= 0.6 is 11.6 Å². The van der Waals surface area contributed by atoms with Gasteiger partial charge in [0.15, 0.2) is 0 Å². The smallest absolute Gasteiger partial charge is 0.269 e. The zero-order valence-corrected chi connectivity index (χ0v) is 8.83. The second-order valence-corrected chi connectivity index (χ2v) is 4.62. The maximum atomic E-state index is 10.6. The van der Waals surface area contributed by atoms with E-state index in [1.807, 2.05) is 0 Å². The Kier molecular flexibility index (Phi) is 3.28. The molecular formula is C7H6ClNO5S. The van der Waals surface area contributed by atoms with Crippen LogP contribution in [0.3, 0.4) is 0 Å². The average Bonchev–Trinajstić information content (AvgIpc) is 2.06. The van der Waals surface area contributed by atoms with E-state index in [4.69, 9.17) is 16.2 Å². The first kappa shape index (κ1) is 11.9. The molecule has 8 heteroatoms. The molecule has 0 radical (unpaired) electrons. The Morgan fingerprint density at radius 2 is 2.07 bits per heavy atom. The largest absolute Gasteiger partial charge is 0.285 e. The topological polar surface area (TPSA) is 97.5 Å². The summed E-state index contributed by atoms with van der Waals surface area (Å²) < 4.78 is 29.7. The molecule has 0 saturated heterocycles. The Bertz CT molecular complexity index is 498. The van der Waals surface area contributed by atoms with E-state index in [9.17, 15) is 18.5 Å². The Hall–Kier alpha value is -1.18. The van der Waals surface area contributed by atoms with Gasteiger partial charge in [-0.1, -0.05) is 11.6 Å². The maximum absolute atomic E-state index is 10.6. The van der Waals surface area contributed by atoms with Crippen molar-refractivity contribution in [2.45, 2.75) is 5.75 Å². The third kappa shape index (κ3) is 3.46. The number of rotatable bonds is 3. The normalized spacial score (nSPS) is 11.3. The second-order valence-electron chi connectivity index (χ2n) is 2.76. The predicted octanol–water partition coefficient (Wildman–Crippen LogP) is 1.64. The third-order valence-electron chi connectivity index (χ3n) is 1.58. The van der Waals surface area contributed by atoms with Gasteiger partial charge in [-0.25, -0.2) is 0 Å². The number of nitrogens with zero attached hydrogens (tertiary/aromatic N) is 1. The molecule has 15 heavy (non-hydrogen) atoms. The first-order valence-electron chi connectivity index (χ1n) is 3.67. The van der Waals surface area contributed by atoms with Crippen molar-refractivity contribution in [2.24, 2.45) is 0 Å². The number of nitro benzene ring substituents is 1. The molecule has 0 heterocycles. The molecule has 0 amide bonds. The highest BCUT2D eigenvalue weighted by Crippen LogP contribution is 2.23. The number of nitro groups is 1. The Balaban J connectivity index is 3.17. The fourth-order valence-corrected chi connectivity index (χ4v) is 1.88. The summed E-state index contributed by atoms with van der Waals surface area (Å²) in [6.45, 7) is 0. The molecule has 0 aromatic heterocycles. The molecule has 1 aromatic rings. The van der Waals surface area contributed by atoms with Crippen LogP contribution in [0.2, 0.25) is 5.02 Å². The van der Waals surface area contributed by atoms with Crippen LogP contribution in [0.15, 0.2) is 18.2 Å². The highest BCUT2D eigenvalue weighted by Gasteiger charge is 2.14. The second kappa shape index (κ2) is 4.13. The lowest BCUT2D eigenvalue weighted by atomic mass is 10.2. The summed E-state index contributed by atoms with van der Waals surface area (Å²) in [5.41, 5.74) is -0.286. The third-order valence-corrected chi connectivity index (χ3v) is 2.62. The summed E-state index contributed by atoms with van der Waals surface area (Å²) in [6, 6.07) is 3.37. The van der Waals surface area contributed by atoms with E-state index in [2.05, 4.69) is 0 Å². The standard InChI is InChI=1S/C7H6ClNO5S/c8-7-2-1-6(9(10)11)3-5(7)4-15(12,13)14/h1-3H,4H2,(H,12,13,14). The minimum atomic E-state index is -4.25. The van der Waals surface area contributed by atoms with Gasteiger partial charge < -0.3 is 0 Å². The molecule has 0 unspecified atom stereocenters. The van der Waals surface area contributed by atoms with Crippen molar-refractivity contribution >= 4 is 27.4 Å². The molecule has 0 atom stereocenters. The van der Waals surface area contributed by atoms with Crippen molar-refractivity contribution in [1.29, 1.82) is 0 Å². The summed E-state index contributed by atoms with van der Waals surface area (Å²) >= 11 is 5.61. The zero-order chi connectivity index (χ0) is 11.6. The van der Waals surface area contributed by atoms with E-state index >= 15 is 0 Å². The molecule has 6 nitrogen and oxygen atoms in total. The van der Waals surface area contributed by atoms with Crippen molar-refractivity contribution in [3.63, 3.8) is 0 Å². The first-order valence-corrected chi connectivity index (χ1v) is 5.66. The van der Waals surface area contributed by atoms with Crippen LogP contribution in [-0.2, 0) is 15.9 Å². The Labute approximate surface area is 90.4 Å². The van der Waals surface area contributed by atoms with Crippen molar-refractivity contribution in [1.82, 2.24) is 0 Å². The number of halogens is 1. The monoisotopic (exact) mass is 251 g/mol. The molecule has 0 aliphatic heterocycles. The van der Waals surface area contributed by atoms with Gasteiger partial charge in [-0.05, 0) is 11.6 Å². The SMILES string of the molecule is O=[N+]([O-])c1ccc(Cl)c(CS(=O)(=O)O)c1. The van der Waals surface area contributed by atoms with Crippen LogP contribution < -0.4 is 0 Å². The lowest BCUT2D eigenvalue weighted by molar-refractivity contribution is -0.384. The molecule has 0 fully saturated rings. The summed E-state index contributed by atoms with van der Waals surface area (Å²) in [4.78, 5) is 9.70. The number of hydrogen-bond acceptors (Lipinski definition) is 4. The van der Waals surface area contributed by atoms with Gasteiger partial charge in [-0.2, -0.15) is 8.42 Å². The van der Waals surface area contributed by atoms with Gasteiger partial charge in [0, 0.05) is 17.2 Å². The molecule has 0 bridgehead atoms. The van der Waals surface area contributed by atoms with Gasteiger partial charge in [0.25, 0.3) is 15.8 Å². The van der Waals surface area contributed by atoms with Crippen molar-refractivity contribution in [2.75, 3.05) is 0 Å². The predicted molar refractivity (Wildman–Crippen MR) is 53.4 cm³/mol. The lowest BCUT2D eigenvalue weighted by Gasteiger charge is -2.01. The highest BCUT2D eigenvalue weighted by molar-refractivity contribution is 7.85. The minimum absolute atomic E-state index is 0.00614. The van der Waals surface area contributed by atoms with Crippen LogP contribution in [0.1, 0.15) is 5.56 Å². The molecule has 0 saturated carbocycles. The molecule has 0 spiro atoms. The van der Waals surface area contributed by atoms with E-state index in [1.54, 1.807) is 0 Å². The zero-order valence-electron chi connectivity index (χ0n) is 7.25. The number of non-ortho nitro benzene ring substituents is 1.